The molecule has 0 bridgehead atoms. The second-order valence-electron chi connectivity index (χ2n) is 3.97. The summed E-state index contributed by atoms with van der Waals surface area (Å²) in [5, 5.41) is 25.7. The van der Waals surface area contributed by atoms with Gasteiger partial charge in [0, 0.05) is 20.0 Å². The molecule has 0 fully saturated rings. The van der Waals surface area contributed by atoms with Crippen molar-refractivity contribution >= 4 is 18.0 Å². The Morgan fingerprint density at radius 1 is 1.40 bits per heavy atom. The lowest BCUT2D eigenvalue weighted by Crippen LogP contribution is -2.47. The lowest BCUT2D eigenvalue weighted by molar-refractivity contribution is -0.145. The van der Waals surface area contributed by atoms with E-state index in [1.54, 1.807) is 7.05 Å². The van der Waals surface area contributed by atoms with E-state index in [9.17, 15) is 14.4 Å². The fraction of sp³-hybridized carbons (Fsp3) is 0.500. The van der Waals surface area contributed by atoms with E-state index < -0.39 is 30.4 Å². The third kappa shape index (κ3) is 5.33. The molecule has 1 rings (SSSR count). The molecule has 0 aromatic carbocycles. The van der Waals surface area contributed by atoms with Crippen LogP contribution >= 0.6 is 0 Å². The van der Waals surface area contributed by atoms with Gasteiger partial charge in [0.2, 0.25) is 0 Å². The minimum Gasteiger partial charge on any atom is -0.481 e. The molecule has 0 aliphatic heterocycles. The lowest BCUT2D eigenvalue weighted by Gasteiger charge is -2.12. The first-order valence-corrected chi connectivity index (χ1v) is 5.72. The minimum absolute atomic E-state index is 0.204. The van der Waals surface area contributed by atoms with Crippen LogP contribution in [0.15, 0.2) is 6.33 Å². The highest BCUT2D eigenvalue weighted by Crippen LogP contribution is 1.93. The number of carboxylic acid groups (broad SMARTS) is 2. The number of aromatic nitrogens is 3. The molecule has 1 aromatic rings. The van der Waals surface area contributed by atoms with E-state index in [-0.39, 0.29) is 6.54 Å². The van der Waals surface area contributed by atoms with Crippen LogP contribution in [0.5, 0.6) is 0 Å². The van der Waals surface area contributed by atoms with Gasteiger partial charge in [-0.2, -0.15) is 5.10 Å². The van der Waals surface area contributed by atoms with Gasteiger partial charge in [0.1, 0.15) is 12.4 Å². The van der Waals surface area contributed by atoms with Crippen LogP contribution in [0, 0.1) is 0 Å². The minimum atomic E-state index is -1.47. The summed E-state index contributed by atoms with van der Waals surface area (Å²) >= 11 is 0. The number of nitrogens with zero attached hydrogens (tertiary/aromatic N) is 3. The molecule has 0 saturated heterocycles. The Balaban J connectivity index is 2.34. The highest BCUT2D eigenvalue weighted by molar-refractivity contribution is 5.86. The molecule has 0 radical (unpaired) electrons. The normalized spacial score (nSPS) is 11.7. The van der Waals surface area contributed by atoms with Crippen LogP contribution in [-0.4, -0.2) is 55.5 Å². The number of aliphatic carboxylic acids is 2. The fourth-order valence-corrected chi connectivity index (χ4v) is 1.37. The van der Waals surface area contributed by atoms with Crippen molar-refractivity contribution in [1.29, 1.82) is 0 Å². The van der Waals surface area contributed by atoms with E-state index in [1.807, 2.05) is 0 Å². The molecule has 0 aliphatic rings. The van der Waals surface area contributed by atoms with E-state index in [0.29, 0.717) is 12.2 Å². The van der Waals surface area contributed by atoms with Crippen LogP contribution < -0.4 is 10.6 Å². The standard InChI is InChI=1S/C10H15N5O5/c1-15-5-12-7(14-15)2-3-11-10(20)13-6(9(18)19)4-8(16)17/h5-6H,2-4H2,1H3,(H,16,17)(H,18,19)(H2,11,13,20)/t6-/m0/s1. The van der Waals surface area contributed by atoms with E-state index in [4.69, 9.17) is 10.2 Å². The van der Waals surface area contributed by atoms with Crippen LogP contribution in [0.1, 0.15) is 12.2 Å². The van der Waals surface area contributed by atoms with Gasteiger partial charge in [0.05, 0.1) is 6.42 Å². The number of aryl methyl sites for hydroxylation is 1. The maximum atomic E-state index is 11.4. The lowest BCUT2D eigenvalue weighted by atomic mass is 10.2. The molecule has 110 valence electrons. The zero-order valence-electron chi connectivity index (χ0n) is 10.7. The van der Waals surface area contributed by atoms with Crippen molar-refractivity contribution in [2.24, 2.45) is 7.05 Å². The Hall–Kier alpha value is -2.65. The van der Waals surface area contributed by atoms with Crippen molar-refractivity contribution in [3.63, 3.8) is 0 Å². The summed E-state index contributed by atoms with van der Waals surface area (Å²) in [6.45, 7) is 0.204. The van der Waals surface area contributed by atoms with Crippen LogP contribution in [0.25, 0.3) is 0 Å². The van der Waals surface area contributed by atoms with Gasteiger partial charge in [-0.25, -0.2) is 14.6 Å². The van der Waals surface area contributed by atoms with Gasteiger partial charge in [-0.3, -0.25) is 9.48 Å². The molecule has 0 saturated carbocycles. The van der Waals surface area contributed by atoms with Crippen LogP contribution in [0.3, 0.4) is 0 Å². The topological polar surface area (TPSA) is 146 Å². The third-order valence-corrected chi connectivity index (χ3v) is 2.26. The molecular formula is C10H15N5O5. The number of nitrogens with one attached hydrogen (secondary N) is 2. The Morgan fingerprint density at radius 2 is 2.10 bits per heavy atom. The van der Waals surface area contributed by atoms with Crippen LogP contribution in [0.2, 0.25) is 0 Å². The first-order valence-electron chi connectivity index (χ1n) is 5.72. The predicted molar refractivity (Wildman–Crippen MR) is 64.9 cm³/mol. The Morgan fingerprint density at radius 3 is 2.60 bits per heavy atom. The largest absolute Gasteiger partial charge is 0.481 e. The number of urea groups is 1. The summed E-state index contributed by atoms with van der Waals surface area (Å²) in [4.78, 5) is 36.5. The number of amides is 2. The summed E-state index contributed by atoms with van der Waals surface area (Å²) < 4.78 is 1.52. The fourth-order valence-electron chi connectivity index (χ4n) is 1.37. The van der Waals surface area contributed by atoms with Crippen molar-refractivity contribution in [1.82, 2.24) is 25.4 Å². The maximum Gasteiger partial charge on any atom is 0.326 e. The monoisotopic (exact) mass is 285 g/mol. The van der Waals surface area contributed by atoms with Crippen LogP contribution in [0.4, 0.5) is 4.79 Å². The van der Waals surface area contributed by atoms with Crippen LogP contribution in [-0.2, 0) is 23.1 Å². The summed E-state index contributed by atoms with van der Waals surface area (Å²) in [7, 11) is 1.71. The van der Waals surface area contributed by atoms with Crippen molar-refractivity contribution in [2.45, 2.75) is 18.9 Å². The number of carboxylic acids is 2. The van der Waals surface area contributed by atoms with Gasteiger partial charge in [-0.15, -0.1) is 0 Å². The molecule has 20 heavy (non-hydrogen) atoms. The van der Waals surface area contributed by atoms with Gasteiger partial charge < -0.3 is 20.8 Å². The molecule has 4 N–H and O–H groups in total. The summed E-state index contributed by atoms with van der Waals surface area (Å²) in [5.41, 5.74) is 0. The second kappa shape index (κ2) is 7.07. The summed E-state index contributed by atoms with van der Waals surface area (Å²) in [6, 6.07) is -2.23. The molecular weight excluding hydrogens is 270 g/mol. The van der Waals surface area contributed by atoms with E-state index in [0.717, 1.165) is 0 Å². The zero-order valence-corrected chi connectivity index (χ0v) is 10.7. The van der Waals surface area contributed by atoms with Crippen molar-refractivity contribution in [3.8, 4) is 0 Å². The Bertz CT molecular complexity index is 500. The number of hydrogen-bond donors (Lipinski definition) is 4. The second-order valence-corrected chi connectivity index (χ2v) is 3.97. The number of carbonyl (C=O) groups is 3. The van der Waals surface area contributed by atoms with E-state index >= 15 is 0 Å². The number of hydrogen-bond acceptors (Lipinski definition) is 5. The van der Waals surface area contributed by atoms with Gasteiger partial charge in [-0.1, -0.05) is 0 Å². The van der Waals surface area contributed by atoms with E-state index in [2.05, 4.69) is 20.7 Å². The number of rotatable bonds is 7. The Kier molecular flexibility index (Phi) is 5.44. The average molecular weight is 285 g/mol. The highest BCUT2D eigenvalue weighted by Gasteiger charge is 2.22. The van der Waals surface area contributed by atoms with Gasteiger partial charge in [-0.05, 0) is 0 Å². The zero-order chi connectivity index (χ0) is 15.1. The molecule has 0 spiro atoms. The third-order valence-electron chi connectivity index (χ3n) is 2.26. The van der Waals surface area contributed by atoms with Crippen molar-refractivity contribution < 1.29 is 24.6 Å². The van der Waals surface area contributed by atoms with Crippen molar-refractivity contribution in [3.05, 3.63) is 12.2 Å². The van der Waals surface area contributed by atoms with Gasteiger partial charge in [0.25, 0.3) is 0 Å². The Labute approximate surface area is 113 Å². The predicted octanol–water partition coefficient (Wildman–Crippen LogP) is -1.42. The summed E-state index contributed by atoms with van der Waals surface area (Å²) in [6.07, 6.45) is 1.21. The van der Waals surface area contributed by atoms with E-state index in [1.165, 1.54) is 11.0 Å². The molecule has 1 aromatic heterocycles. The molecule has 2 amide bonds. The molecule has 10 heteroatoms. The number of carbonyl (C=O) groups excluding carboxylic acids is 1. The molecule has 1 heterocycles. The first kappa shape index (κ1) is 15.4. The average Bonchev–Trinajstić information content (AvgIpc) is 2.73. The van der Waals surface area contributed by atoms with Crippen molar-refractivity contribution in [2.75, 3.05) is 6.54 Å². The van der Waals surface area contributed by atoms with Gasteiger partial charge in [0.15, 0.2) is 5.82 Å². The van der Waals surface area contributed by atoms with Gasteiger partial charge >= 0.3 is 18.0 Å². The molecule has 0 unspecified atom stereocenters. The summed E-state index contributed by atoms with van der Waals surface area (Å²) in [5.74, 6) is -2.18. The molecule has 1 atom stereocenters. The molecule has 10 nitrogen and oxygen atoms in total. The first-order chi connectivity index (χ1) is 9.38. The highest BCUT2D eigenvalue weighted by atomic mass is 16.4. The SMILES string of the molecule is Cn1cnc(CCNC(=O)N[C@@H](CC(=O)O)C(=O)O)n1. The smallest absolute Gasteiger partial charge is 0.326 e. The molecule has 0 aliphatic carbocycles. The quantitative estimate of drug-likeness (QED) is 0.481. The maximum absolute atomic E-state index is 11.4.